The lowest BCUT2D eigenvalue weighted by molar-refractivity contribution is -0.136. The number of nitrogens with one attached hydrogen (secondary N) is 1. The molecule has 0 aromatic heterocycles. The lowest BCUT2D eigenvalue weighted by Crippen LogP contribution is -2.34. The number of sulfonamides is 1. The number of carboxylic acids is 1. The van der Waals surface area contributed by atoms with Crippen LogP contribution in [0.25, 0.3) is 0 Å². The Kier molecular flexibility index (Phi) is 7.07. The molecular formula is C17H19Cl2NO4S. The fourth-order valence-electron chi connectivity index (χ4n) is 2.57. The lowest BCUT2D eigenvalue weighted by Gasteiger charge is -2.16. The van der Waals surface area contributed by atoms with Crippen LogP contribution in [-0.4, -0.2) is 25.5 Å². The number of carbonyl (C=O) groups is 1. The van der Waals surface area contributed by atoms with Crippen LogP contribution in [0.15, 0.2) is 46.9 Å². The first kappa shape index (κ1) is 20.0. The Morgan fingerprint density at radius 1 is 1.28 bits per heavy atom. The average Bonchev–Trinajstić information content (AvgIpc) is 2.95. The first-order chi connectivity index (χ1) is 11.8. The van der Waals surface area contributed by atoms with Gasteiger partial charge < -0.3 is 5.11 Å². The third-order valence-electron chi connectivity index (χ3n) is 3.85. The zero-order valence-electron chi connectivity index (χ0n) is 13.4. The first-order valence-corrected chi connectivity index (χ1v) is 10.1. The highest BCUT2D eigenvalue weighted by Gasteiger charge is 2.25. The van der Waals surface area contributed by atoms with Gasteiger partial charge in [0.15, 0.2) is 0 Å². The van der Waals surface area contributed by atoms with E-state index >= 15 is 0 Å². The summed E-state index contributed by atoms with van der Waals surface area (Å²) in [4.78, 5) is 10.5. The van der Waals surface area contributed by atoms with Crippen molar-refractivity contribution in [2.75, 3.05) is 0 Å². The highest BCUT2D eigenvalue weighted by Crippen LogP contribution is 2.27. The van der Waals surface area contributed by atoms with Crippen LogP contribution in [0.5, 0.6) is 0 Å². The second kappa shape index (κ2) is 8.85. The van der Waals surface area contributed by atoms with E-state index in [9.17, 15) is 13.2 Å². The van der Waals surface area contributed by atoms with Gasteiger partial charge in [0, 0.05) is 12.5 Å². The Bertz CT molecular complexity index is 803. The number of carboxylic acid groups (broad SMARTS) is 1. The molecule has 5 nitrogen and oxygen atoms in total. The van der Waals surface area contributed by atoms with Crippen LogP contribution in [0.3, 0.4) is 0 Å². The van der Waals surface area contributed by atoms with Gasteiger partial charge in [0.05, 0.1) is 14.9 Å². The molecule has 0 spiro atoms. The topological polar surface area (TPSA) is 83.5 Å². The number of aliphatic carboxylic acids is 1. The van der Waals surface area contributed by atoms with Gasteiger partial charge in [-0.2, -0.15) is 0 Å². The fourth-order valence-corrected chi connectivity index (χ4v) is 4.23. The van der Waals surface area contributed by atoms with Crippen molar-refractivity contribution in [1.29, 1.82) is 0 Å². The van der Waals surface area contributed by atoms with E-state index in [0.717, 1.165) is 12.0 Å². The maximum absolute atomic E-state index is 12.5. The SMILES string of the molecule is O=C(O)CC/C=C\CC1=CCC[C@@H]1NS(=O)(=O)c1ccc(Cl)c(Cl)c1. The van der Waals surface area contributed by atoms with E-state index in [1.807, 2.05) is 12.2 Å². The summed E-state index contributed by atoms with van der Waals surface area (Å²) >= 11 is 11.7. The Hall–Kier alpha value is -1.34. The minimum absolute atomic E-state index is 0.0742. The van der Waals surface area contributed by atoms with Crippen molar-refractivity contribution < 1.29 is 18.3 Å². The summed E-state index contributed by atoms with van der Waals surface area (Å²) in [7, 11) is -3.70. The van der Waals surface area contributed by atoms with Gasteiger partial charge in [-0.05, 0) is 43.9 Å². The van der Waals surface area contributed by atoms with E-state index in [0.29, 0.717) is 24.3 Å². The average molecular weight is 404 g/mol. The minimum atomic E-state index is -3.70. The van der Waals surface area contributed by atoms with Crippen LogP contribution in [-0.2, 0) is 14.8 Å². The van der Waals surface area contributed by atoms with Crippen molar-refractivity contribution in [3.63, 3.8) is 0 Å². The van der Waals surface area contributed by atoms with Crippen molar-refractivity contribution >= 4 is 39.2 Å². The second-order valence-electron chi connectivity index (χ2n) is 5.71. The van der Waals surface area contributed by atoms with Gasteiger partial charge >= 0.3 is 5.97 Å². The van der Waals surface area contributed by atoms with Gasteiger partial charge in [0.25, 0.3) is 0 Å². The van der Waals surface area contributed by atoms with Crippen LogP contribution in [0.1, 0.15) is 32.1 Å². The quantitative estimate of drug-likeness (QED) is 0.637. The van der Waals surface area contributed by atoms with E-state index in [1.165, 1.54) is 18.2 Å². The van der Waals surface area contributed by atoms with Crippen molar-refractivity contribution in [3.8, 4) is 0 Å². The lowest BCUT2D eigenvalue weighted by atomic mass is 10.1. The maximum atomic E-state index is 12.5. The molecule has 0 unspecified atom stereocenters. The van der Waals surface area contributed by atoms with Crippen LogP contribution in [0.2, 0.25) is 10.0 Å². The molecule has 8 heteroatoms. The third-order valence-corrected chi connectivity index (χ3v) is 6.06. The van der Waals surface area contributed by atoms with Crippen molar-refractivity contribution in [2.24, 2.45) is 0 Å². The molecule has 25 heavy (non-hydrogen) atoms. The standard InChI is InChI=1S/C17H19Cl2NO4S/c18-14-10-9-13(11-15(14)19)25(23,24)20-16-7-4-6-12(16)5-2-1-3-8-17(21)22/h1-2,6,9-11,16,20H,3-5,7-8H2,(H,21,22)/b2-1-/t16-/m0/s1. The van der Waals surface area contributed by atoms with E-state index in [-0.39, 0.29) is 22.4 Å². The van der Waals surface area contributed by atoms with E-state index < -0.39 is 16.0 Å². The number of rotatable bonds is 8. The smallest absolute Gasteiger partial charge is 0.303 e. The Labute approximate surface area is 157 Å². The molecule has 2 rings (SSSR count). The maximum Gasteiger partial charge on any atom is 0.303 e. The highest BCUT2D eigenvalue weighted by atomic mass is 35.5. The molecule has 0 radical (unpaired) electrons. The Balaban J connectivity index is 1.99. The molecule has 0 saturated carbocycles. The zero-order chi connectivity index (χ0) is 18.4. The van der Waals surface area contributed by atoms with E-state index in [4.69, 9.17) is 28.3 Å². The summed E-state index contributed by atoms with van der Waals surface area (Å²) in [5.41, 5.74) is 0.982. The van der Waals surface area contributed by atoms with Crippen molar-refractivity contribution in [3.05, 3.63) is 52.0 Å². The van der Waals surface area contributed by atoms with Gasteiger partial charge in [-0.1, -0.05) is 47.0 Å². The number of halogens is 2. The predicted octanol–water partition coefficient (Wildman–Crippen LogP) is 4.17. The van der Waals surface area contributed by atoms with Crippen LogP contribution < -0.4 is 4.72 Å². The monoisotopic (exact) mass is 403 g/mol. The van der Waals surface area contributed by atoms with Gasteiger partial charge in [-0.25, -0.2) is 13.1 Å². The van der Waals surface area contributed by atoms with Crippen LogP contribution in [0, 0.1) is 0 Å². The summed E-state index contributed by atoms with van der Waals surface area (Å²) in [6.45, 7) is 0. The third kappa shape index (κ3) is 5.85. The van der Waals surface area contributed by atoms with Gasteiger partial charge in [0.1, 0.15) is 0 Å². The van der Waals surface area contributed by atoms with Crippen molar-refractivity contribution in [2.45, 2.75) is 43.0 Å². The predicted molar refractivity (Wildman–Crippen MR) is 98.5 cm³/mol. The number of hydrogen-bond acceptors (Lipinski definition) is 3. The molecule has 1 atom stereocenters. The number of hydrogen-bond donors (Lipinski definition) is 2. The molecular weight excluding hydrogens is 385 g/mol. The largest absolute Gasteiger partial charge is 0.481 e. The summed E-state index contributed by atoms with van der Waals surface area (Å²) in [6, 6.07) is 3.93. The molecule has 0 bridgehead atoms. The first-order valence-electron chi connectivity index (χ1n) is 7.82. The molecule has 136 valence electrons. The van der Waals surface area contributed by atoms with Crippen LogP contribution in [0.4, 0.5) is 0 Å². The van der Waals surface area contributed by atoms with Gasteiger partial charge in [-0.3, -0.25) is 4.79 Å². The number of allylic oxidation sites excluding steroid dienone is 3. The van der Waals surface area contributed by atoms with Gasteiger partial charge in [0.2, 0.25) is 10.0 Å². The summed E-state index contributed by atoms with van der Waals surface area (Å²) < 4.78 is 27.8. The highest BCUT2D eigenvalue weighted by molar-refractivity contribution is 7.89. The normalized spacial score (nSPS) is 17.8. The molecule has 2 N–H and O–H groups in total. The molecule has 0 aliphatic heterocycles. The molecule has 1 aromatic carbocycles. The Morgan fingerprint density at radius 3 is 2.72 bits per heavy atom. The van der Waals surface area contributed by atoms with E-state index in [1.54, 1.807) is 6.08 Å². The molecule has 0 fully saturated rings. The molecule has 0 heterocycles. The van der Waals surface area contributed by atoms with Crippen LogP contribution >= 0.6 is 23.2 Å². The molecule has 1 aromatic rings. The molecule has 1 aliphatic rings. The molecule has 0 amide bonds. The zero-order valence-corrected chi connectivity index (χ0v) is 15.7. The molecule has 0 saturated heterocycles. The molecule has 1 aliphatic carbocycles. The summed E-state index contributed by atoms with van der Waals surface area (Å²) in [5, 5.41) is 9.09. The second-order valence-corrected chi connectivity index (χ2v) is 8.24. The fraction of sp³-hybridized carbons (Fsp3) is 0.353. The van der Waals surface area contributed by atoms with Crippen molar-refractivity contribution in [1.82, 2.24) is 4.72 Å². The minimum Gasteiger partial charge on any atom is -0.481 e. The summed E-state index contributed by atoms with van der Waals surface area (Å²) in [6.07, 6.45) is 8.33. The number of benzene rings is 1. The summed E-state index contributed by atoms with van der Waals surface area (Å²) in [5.74, 6) is -0.836. The van der Waals surface area contributed by atoms with Gasteiger partial charge in [-0.15, -0.1) is 0 Å². The Morgan fingerprint density at radius 2 is 2.04 bits per heavy atom. The van der Waals surface area contributed by atoms with E-state index in [2.05, 4.69) is 4.72 Å².